The Bertz CT molecular complexity index is 1260. The predicted octanol–water partition coefficient (Wildman–Crippen LogP) is 3.05. The van der Waals surface area contributed by atoms with Gasteiger partial charge >= 0.3 is 0 Å². The highest BCUT2D eigenvalue weighted by Gasteiger charge is 2.32. The van der Waals surface area contributed by atoms with Gasteiger partial charge in [0.15, 0.2) is 5.82 Å². The number of nitrogens with one attached hydrogen (secondary N) is 3. The van der Waals surface area contributed by atoms with Crippen LogP contribution in [-0.4, -0.2) is 92.1 Å². The molecule has 0 spiro atoms. The number of rotatable bonds is 11. The number of methoxy groups -OCH3 is 1. The molecule has 1 aromatic carbocycles. The summed E-state index contributed by atoms with van der Waals surface area (Å²) in [4.78, 5) is 51.9. The van der Waals surface area contributed by atoms with E-state index in [9.17, 15) is 14.4 Å². The molecular formula is C30H43ClN8O4. The minimum atomic E-state index is -0.00137. The van der Waals surface area contributed by atoms with E-state index in [2.05, 4.69) is 30.7 Å². The van der Waals surface area contributed by atoms with Crippen molar-refractivity contribution in [3.05, 3.63) is 29.4 Å². The van der Waals surface area contributed by atoms with Gasteiger partial charge in [0.05, 0.1) is 19.0 Å². The van der Waals surface area contributed by atoms with Gasteiger partial charge in [-0.3, -0.25) is 14.4 Å². The molecule has 1 aromatic heterocycles. The number of carbonyl (C=O) groups excluding carboxylic acids is 3. The Labute approximate surface area is 258 Å². The Balaban J connectivity index is 1.51. The molecule has 4 rings (SSSR count). The lowest BCUT2D eigenvalue weighted by Gasteiger charge is -2.38. The van der Waals surface area contributed by atoms with E-state index >= 15 is 0 Å². The first kappa shape index (κ1) is 32.1. The van der Waals surface area contributed by atoms with Crippen LogP contribution in [0.1, 0.15) is 40.0 Å². The van der Waals surface area contributed by atoms with Gasteiger partial charge in [-0.2, -0.15) is 4.98 Å². The number of carbonyl (C=O) groups is 3. The zero-order valence-corrected chi connectivity index (χ0v) is 26.2. The number of aromatic nitrogens is 2. The average molecular weight is 615 g/mol. The van der Waals surface area contributed by atoms with Crippen molar-refractivity contribution in [3.63, 3.8) is 0 Å². The highest BCUT2D eigenvalue weighted by atomic mass is 35.5. The molecule has 2 aromatic rings. The lowest BCUT2D eigenvalue weighted by Crippen LogP contribution is -2.48. The second-order valence-electron chi connectivity index (χ2n) is 11.1. The number of hydrogen-bond acceptors (Lipinski definition) is 9. The number of amides is 3. The fraction of sp³-hybridized carbons (Fsp3) is 0.567. The van der Waals surface area contributed by atoms with Crippen LogP contribution in [0.4, 0.5) is 23.1 Å². The summed E-state index contributed by atoms with van der Waals surface area (Å²) in [6.45, 7) is 10.6. The summed E-state index contributed by atoms with van der Waals surface area (Å²) < 4.78 is 5.70. The van der Waals surface area contributed by atoms with E-state index in [1.165, 1.54) is 0 Å². The second-order valence-corrected chi connectivity index (χ2v) is 11.5. The Morgan fingerprint density at radius 3 is 2.16 bits per heavy atom. The standard InChI is InChI=1S/C30H43ClN8O4/c1-5-32-27(41)14-21-13-22(15-28(42)33-6-2)19-39(18-21)29-24(31)17-34-30(36-29)35-25-8-7-23(16-26(25)43-4)38-11-9-37(10-12-38)20(3)40/h7-8,16-17,21-22H,5-6,9-15,18-19H2,1-4H3,(H,32,41)(H,33,42)(H,34,35,36)/t21-,22+. The average Bonchev–Trinajstić information content (AvgIpc) is 2.98. The third-order valence-electron chi connectivity index (χ3n) is 7.87. The van der Waals surface area contributed by atoms with Crippen molar-refractivity contribution in [2.75, 3.05) is 74.6 Å². The van der Waals surface area contributed by atoms with Gasteiger partial charge in [0.2, 0.25) is 23.7 Å². The molecule has 0 bridgehead atoms. The molecule has 43 heavy (non-hydrogen) atoms. The highest BCUT2D eigenvalue weighted by Crippen LogP contribution is 2.35. The van der Waals surface area contributed by atoms with E-state index in [1.807, 2.05) is 36.9 Å². The molecule has 0 radical (unpaired) electrons. The van der Waals surface area contributed by atoms with E-state index < -0.39 is 0 Å². The summed E-state index contributed by atoms with van der Waals surface area (Å²) in [7, 11) is 1.61. The summed E-state index contributed by atoms with van der Waals surface area (Å²) >= 11 is 6.63. The van der Waals surface area contributed by atoms with Gasteiger partial charge in [-0.05, 0) is 44.2 Å². The summed E-state index contributed by atoms with van der Waals surface area (Å²) in [6.07, 6.45) is 3.08. The van der Waals surface area contributed by atoms with Crippen LogP contribution < -0.4 is 30.5 Å². The van der Waals surface area contributed by atoms with Crippen LogP contribution in [0.25, 0.3) is 0 Å². The van der Waals surface area contributed by atoms with Crippen LogP contribution in [0.5, 0.6) is 5.75 Å². The van der Waals surface area contributed by atoms with Crippen LogP contribution in [0.15, 0.2) is 24.4 Å². The fourth-order valence-electron chi connectivity index (χ4n) is 5.87. The maximum Gasteiger partial charge on any atom is 0.229 e. The lowest BCUT2D eigenvalue weighted by atomic mass is 9.85. The molecule has 13 heteroatoms. The fourth-order valence-corrected chi connectivity index (χ4v) is 6.08. The van der Waals surface area contributed by atoms with Crippen molar-refractivity contribution in [3.8, 4) is 5.75 Å². The van der Waals surface area contributed by atoms with Crippen LogP contribution in [0, 0.1) is 11.8 Å². The third kappa shape index (κ3) is 8.62. The quantitative estimate of drug-likeness (QED) is 0.349. The molecule has 2 atom stereocenters. The smallest absolute Gasteiger partial charge is 0.229 e. The number of halogens is 1. The van der Waals surface area contributed by atoms with Gasteiger partial charge in [-0.15, -0.1) is 0 Å². The molecule has 0 aliphatic carbocycles. The van der Waals surface area contributed by atoms with Crippen molar-refractivity contribution >= 4 is 52.5 Å². The lowest BCUT2D eigenvalue weighted by molar-refractivity contribution is -0.129. The first-order valence-corrected chi connectivity index (χ1v) is 15.3. The molecule has 2 aliphatic rings. The number of nitrogens with zero attached hydrogens (tertiary/aromatic N) is 5. The van der Waals surface area contributed by atoms with E-state index in [0.29, 0.717) is 80.3 Å². The first-order valence-electron chi connectivity index (χ1n) is 15.0. The topological polar surface area (TPSA) is 132 Å². The molecule has 0 unspecified atom stereocenters. The monoisotopic (exact) mass is 614 g/mol. The normalized spacial score (nSPS) is 18.7. The van der Waals surface area contributed by atoms with Crippen molar-refractivity contribution in [2.45, 2.75) is 40.0 Å². The molecule has 3 amide bonds. The summed E-state index contributed by atoms with van der Waals surface area (Å²) in [6, 6.07) is 5.90. The minimum Gasteiger partial charge on any atom is -0.494 e. The highest BCUT2D eigenvalue weighted by molar-refractivity contribution is 6.32. The van der Waals surface area contributed by atoms with Crippen LogP contribution in [-0.2, 0) is 14.4 Å². The van der Waals surface area contributed by atoms with E-state index in [0.717, 1.165) is 25.2 Å². The summed E-state index contributed by atoms with van der Waals surface area (Å²) in [5, 5.41) is 9.44. The SMILES string of the molecule is CCNC(=O)C[C@@H]1C[C@H](CC(=O)NCC)CN(c2nc(Nc3ccc(N4CCN(C(C)=O)CC4)cc3OC)ncc2Cl)C1. The number of piperazine rings is 1. The Morgan fingerprint density at radius 2 is 1.60 bits per heavy atom. The zero-order chi connectivity index (χ0) is 30.9. The summed E-state index contributed by atoms with van der Waals surface area (Å²) in [5.74, 6) is 1.73. The van der Waals surface area contributed by atoms with Crippen LogP contribution >= 0.6 is 11.6 Å². The largest absolute Gasteiger partial charge is 0.494 e. The number of piperidine rings is 1. The van der Waals surface area contributed by atoms with Gasteiger partial charge in [0.25, 0.3) is 0 Å². The van der Waals surface area contributed by atoms with Crippen molar-refractivity contribution < 1.29 is 19.1 Å². The molecule has 12 nitrogen and oxygen atoms in total. The maximum atomic E-state index is 12.4. The molecule has 2 fully saturated rings. The van der Waals surface area contributed by atoms with Crippen molar-refractivity contribution in [1.29, 1.82) is 0 Å². The molecule has 3 heterocycles. The molecule has 0 saturated carbocycles. The van der Waals surface area contributed by atoms with Gasteiger partial charge in [0, 0.05) is 83.9 Å². The number of hydrogen-bond donors (Lipinski definition) is 3. The second kappa shape index (κ2) is 15.1. The third-order valence-corrected chi connectivity index (χ3v) is 8.13. The molecule has 3 N–H and O–H groups in total. The molecule has 2 aliphatic heterocycles. The predicted molar refractivity (Wildman–Crippen MR) is 168 cm³/mol. The van der Waals surface area contributed by atoms with Gasteiger partial charge in [-0.25, -0.2) is 4.98 Å². The molecular weight excluding hydrogens is 572 g/mol. The molecule has 2 saturated heterocycles. The number of ether oxygens (including phenoxy) is 1. The van der Waals surface area contributed by atoms with Crippen LogP contribution in [0.3, 0.4) is 0 Å². The molecule has 234 valence electrons. The maximum absolute atomic E-state index is 12.4. The minimum absolute atomic E-state index is 0.00137. The van der Waals surface area contributed by atoms with Crippen molar-refractivity contribution in [1.82, 2.24) is 25.5 Å². The van der Waals surface area contributed by atoms with Gasteiger partial charge in [0.1, 0.15) is 10.8 Å². The Morgan fingerprint density at radius 1 is 0.977 bits per heavy atom. The van der Waals surface area contributed by atoms with Crippen LogP contribution in [0.2, 0.25) is 5.02 Å². The zero-order valence-electron chi connectivity index (χ0n) is 25.5. The first-order chi connectivity index (χ1) is 20.7. The Kier molecular flexibility index (Phi) is 11.3. The number of anilines is 4. The van der Waals surface area contributed by atoms with Gasteiger partial charge < -0.3 is 35.4 Å². The Hall–Kier alpha value is -3.80. The summed E-state index contributed by atoms with van der Waals surface area (Å²) in [5.41, 5.74) is 1.71. The van der Waals surface area contributed by atoms with E-state index in [4.69, 9.17) is 21.3 Å². The van der Waals surface area contributed by atoms with Crippen molar-refractivity contribution in [2.24, 2.45) is 11.8 Å². The van der Waals surface area contributed by atoms with Gasteiger partial charge in [-0.1, -0.05) is 11.6 Å². The number of benzene rings is 1. The van der Waals surface area contributed by atoms with E-state index in [-0.39, 0.29) is 29.6 Å². The van der Waals surface area contributed by atoms with E-state index in [1.54, 1.807) is 20.2 Å².